The second-order valence-electron chi connectivity index (χ2n) is 9.29. The van der Waals surface area contributed by atoms with E-state index >= 15 is 0 Å². The molecule has 0 saturated heterocycles. The number of nitrogens with one attached hydrogen (secondary N) is 1. The molecule has 2 N–H and O–H groups in total. The van der Waals surface area contributed by atoms with Crippen LogP contribution in [0.2, 0.25) is 0 Å². The molecule has 0 bridgehead atoms. The first kappa shape index (κ1) is 25.4. The van der Waals surface area contributed by atoms with Crippen molar-refractivity contribution in [2.24, 2.45) is 0 Å². The number of carbonyl (C=O) groups is 1. The van der Waals surface area contributed by atoms with Gasteiger partial charge in [0.2, 0.25) is 17.1 Å². The van der Waals surface area contributed by atoms with Crippen LogP contribution in [0.3, 0.4) is 0 Å². The molecule has 2 aromatic carbocycles. The van der Waals surface area contributed by atoms with Gasteiger partial charge in [0.1, 0.15) is 12.4 Å². The third-order valence-corrected chi connectivity index (χ3v) is 7.03. The average molecular weight is 519 g/mol. The second-order valence-corrected chi connectivity index (χ2v) is 9.29. The van der Waals surface area contributed by atoms with Gasteiger partial charge in [0.25, 0.3) is 0 Å². The highest BCUT2D eigenvalue weighted by Gasteiger charge is 2.31. The summed E-state index contributed by atoms with van der Waals surface area (Å²) < 4.78 is 21.9. The number of nitrogens with zero attached hydrogens (tertiary/aromatic N) is 1. The Morgan fingerprint density at radius 1 is 1.11 bits per heavy atom. The van der Waals surface area contributed by atoms with Crippen LogP contribution in [0.25, 0.3) is 10.9 Å². The number of para-hydroxylation sites is 1. The minimum absolute atomic E-state index is 0.00781. The number of H-pyrrole nitrogens is 1. The van der Waals surface area contributed by atoms with Gasteiger partial charge in [-0.1, -0.05) is 24.3 Å². The number of amides is 1. The highest BCUT2D eigenvalue weighted by molar-refractivity contribution is 5.86. The lowest BCUT2D eigenvalue weighted by atomic mass is 9.90. The van der Waals surface area contributed by atoms with E-state index in [1.807, 2.05) is 18.2 Å². The summed E-state index contributed by atoms with van der Waals surface area (Å²) in [5.74, 6) is -0.184. The molecule has 1 amide bonds. The van der Waals surface area contributed by atoms with Crippen LogP contribution in [0.5, 0.6) is 17.2 Å². The summed E-state index contributed by atoms with van der Waals surface area (Å²) in [6.45, 7) is 1.05. The molecule has 198 valence electrons. The number of ether oxygens (including phenoxy) is 3. The second kappa shape index (κ2) is 10.6. The van der Waals surface area contributed by atoms with E-state index in [0.29, 0.717) is 30.2 Å². The van der Waals surface area contributed by atoms with Crippen molar-refractivity contribution in [1.29, 1.82) is 0 Å². The van der Waals surface area contributed by atoms with Crippen LogP contribution in [-0.2, 0) is 29.1 Å². The number of aromatic amines is 1. The maximum Gasteiger partial charge on any atom is 0.227 e. The highest BCUT2D eigenvalue weighted by atomic mass is 16.5. The number of aromatic hydroxyl groups is 1. The van der Waals surface area contributed by atoms with E-state index in [0.717, 1.165) is 17.6 Å². The molecular formula is C29H30N2O7. The number of fused-ring (bicyclic) bond motifs is 3. The Kier molecular flexibility index (Phi) is 7.11. The van der Waals surface area contributed by atoms with Crippen molar-refractivity contribution in [3.05, 3.63) is 87.1 Å². The predicted octanol–water partition coefficient (Wildman–Crippen LogP) is 4.10. The lowest BCUT2D eigenvalue weighted by Crippen LogP contribution is -2.36. The molecule has 38 heavy (non-hydrogen) atoms. The lowest BCUT2D eigenvalue weighted by molar-refractivity contribution is -0.132. The number of hydrogen-bond donors (Lipinski definition) is 2. The van der Waals surface area contributed by atoms with Crippen LogP contribution < -0.4 is 14.9 Å². The van der Waals surface area contributed by atoms with Crippen molar-refractivity contribution in [1.82, 2.24) is 9.88 Å². The van der Waals surface area contributed by atoms with E-state index in [1.165, 1.54) is 38.3 Å². The third-order valence-electron chi connectivity index (χ3n) is 7.03. The van der Waals surface area contributed by atoms with Crippen molar-refractivity contribution < 1.29 is 28.5 Å². The zero-order valence-electron chi connectivity index (χ0n) is 21.6. The first-order valence-electron chi connectivity index (χ1n) is 12.4. The van der Waals surface area contributed by atoms with Gasteiger partial charge < -0.3 is 33.6 Å². The molecule has 3 heterocycles. The van der Waals surface area contributed by atoms with Gasteiger partial charge in [-0.05, 0) is 35.7 Å². The van der Waals surface area contributed by atoms with Gasteiger partial charge in [-0.3, -0.25) is 9.59 Å². The van der Waals surface area contributed by atoms with Gasteiger partial charge in [0, 0.05) is 42.7 Å². The Bertz CT molecular complexity index is 1540. The van der Waals surface area contributed by atoms with Crippen LogP contribution in [0.4, 0.5) is 0 Å². The van der Waals surface area contributed by atoms with Crippen LogP contribution >= 0.6 is 0 Å². The van der Waals surface area contributed by atoms with E-state index < -0.39 is 17.1 Å². The van der Waals surface area contributed by atoms with E-state index in [9.17, 15) is 14.7 Å². The fourth-order valence-corrected chi connectivity index (χ4v) is 5.15. The van der Waals surface area contributed by atoms with Crippen molar-refractivity contribution >= 4 is 16.8 Å². The van der Waals surface area contributed by atoms with Crippen molar-refractivity contribution in [3.8, 4) is 17.2 Å². The van der Waals surface area contributed by atoms with Crippen LogP contribution in [-0.4, -0.2) is 48.8 Å². The minimum Gasteiger partial charge on any atom is -0.502 e. The smallest absolute Gasteiger partial charge is 0.227 e. The lowest BCUT2D eigenvalue weighted by Gasteiger charge is -2.29. The first-order chi connectivity index (χ1) is 18.4. The summed E-state index contributed by atoms with van der Waals surface area (Å²) in [5, 5.41) is 11.9. The molecule has 9 nitrogen and oxygen atoms in total. The number of benzene rings is 2. The number of hydrogen-bond acceptors (Lipinski definition) is 7. The number of carbonyl (C=O) groups excluding carboxylic acids is 1. The maximum absolute atomic E-state index is 13.7. The topological polar surface area (TPSA) is 114 Å². The molecule has 5 rings (SSSR count). The summed E-state index contributed by atoms with van der Waals surface area (Å²) in [6, 6.07) is 14.5. The van der Waals surface area contributed by atoms with Gasteiger partial charge in [-0.15, -0.1) is 0 Å². The van der Waals surface area contributed by atoms with Crippen LogP contribution in [0.1, 0.15) is 40.7 Å². The summed E-state index contributed by atoms with van der Waals surface area (Å²) in [5.41, 5.74) is 3.34. The summed E-state index contributed by atoms with van der Waals surface area (Å²) in [6.07, 6.45) is 0.702. The van der Waals surface area contributed by atoms with Gasteiger partial charge >= 0.3 is 0 Å². The summed E-state index contributed by atoms with van der Waals surface area (Å²) >= 11 is 0. The normalized spacial score (nSPS) is 13.8. The van der Waals surface area contributed by atoms with Gasteiger partial charge in [-0.2, -0.15) is 0 Å². The van der Waals surface area contributed by atoms with Gasteiger partial charge in [0.15, 0.2) is 17.3 Å². The highest BCUT2D eigenvalue weighted by Crippen LogP contribution is 2.38. The molecule has 1 atom stereocenters. The third kappa shape index (κ3) is 4.72. The number of aromatic nitrogens is 1. The molecule has 0 radical (unpaired) electrons. The summed E-state index contributed by atoms with van der Waals surface area (Å²) in [4.78, 5) is 31.5. The molecule has 0 unspecified atom stereocenters. The standard InChI is InChI=1S/C29H30N2O7/c1-35-16-18-13-24(32)28(34)29(38-18)21(17-8-9-25(36-2)26(12-17)37-3)14-27(33)31-11-10-20-19-6-4-5-7-22(19)30-23(20)15-31/h4-9,12-13,21,30,34H,10-11,14-16H2,1-3H3/t21-/m1/s1. The maximum atomic E-state index is 13.7. The zero-order chi connectivity index (χ0) is 26.8. The van der Waals surface area contributed by atoms with Crippen LogP contribution in [0, 0.1) is 0 Å². The van der Waals surface area contributed by atoms with Crippen molar-refractivity contribution in [2.45, 2.75) is 31.9 Å². The Morgan fingerprint density at radius 2 is 1.89 bits per heavy atom. The molecule has 0 spiro atoms. The minimum atomic E-state index is -0.754. The Morgan fingerprint density at radius 3 is 2.66 bits per heavy atom. The number of rotatable bonds is 8. The van der Waals surface area contributed by atoms with Crippen LogP contribution in [0.15, 0.2) is 57.7 Å². The molecule has 0 saturated carbocycles. The number of methoxy groups -OCH3 is 3. The monoisotopic (exact) mass is 518 g/mol. The molecular weight excluding hydrogens is 488 g/mol. The van der Waals surface area contributed by atoms with E-state index in [1.54, 1.807) is 23.1 Å². The predicted molar refractivity (Wildman–Crippen MR) is 141 cm³/mol. The fraction of sp³-hybridized carbons (Fsp3) is 0.310. The Labute approximate surface area is 219 Å². The van der Waals surface area contributed by atoms with E-state index in [4.69, 9.17) is 18.6 Å². The van der Waals surface area contributed by atoms with Gasteiger partial charge in [0.05, 0.1) is 26.7 Å². The molecule has 4 aromatic rings. The molecule has 0 fully saturated rings. The van der Waals surface area contributed by atoms with Crippen molar-refractivity contribution in [3.63, 3.8) is 0 Å². The SMILES string of the molecule is COCc1cc(=O)c(O)c([C@H](CC(=O)N2CCc3c([nH]c4ccccc34)C2)c2ccc(OC)c(OC)c2)o1. The average Bonchev–Trinajstić information content (AvgIpc) is 3.31. The molecule has 1 aliphatic rings. The largest absolute Gasteiger partial charge is 0.502 e. The molecule has 1 aliphatic heterocycles. The first-order valence-corrected chi connectivity index (χ1v) is 12.4. The van der Waals surface area contributed by atoms with E-state index in [-0.39, 0.29) is 30.5 Å². The Hall–Kier alpha value is -4.24. The van der Waals surface area contributed by atoms with Crippen molar-refractivity contribution in [2.75, 3.05) is 27.9 Å². The molecule has 9 heteroatoms. The summed E-state index contributed by atoms with van der Waals surface area (Å²) in [7, 11) is 4.53. The van der Waals surface area contributed by atoms with Gasteiger partial charge in [-0.25, -0.2) is 0 Å². The molecule has 0 aliphatic carbocycles. The molecule has 2 aromatic heterocycles. The quantitative estimate of drug-likeness (QED) is 0.361. The Balaban J connectivity index is 1.51. The fourth-order valence-electron chi connectivity index (χ4n) is 5.15. The zero-order valence-corrected chi connectivity index (χ0v) is 21.6. The van der Waals surface area contributed by atoms with E-state index in [2.05, 4.69) is 11.1 Å².